The Labute approximate surface area is 120 Å². The van der Waals surface area contributed by atoms with Crippen LogP contribution in [0.25, 0.3) is 0 Å². The van der Waals surface area contributed by atoms with Crippen LogP contribution >= 0.6 is 23.2 Å². The highest BCUT2D eigenvalue weighted by Gasteiger charge is 2.17. The van der Waals surface area contributed by atoms with Crippen molar-refractivity contribution in [1.82, 2.24) is 0 Å². The first-order valence-corrected chi connectivity index (χ1v) is 7.71. The molecule has 0 atom stereocenters. The van der Waals surface area contributed by atoms with Gasteiger partial charge in [0.05, 0.1) is 10.6 Å². The molecule has 0 saturated heterocycles. The van der Waals surface area contributed by atoms with Gasteiger partial charge in [-0.15, -0.1) is 0 Å². The average molecular weight is 319 g/mol. The van der Waals surface area contributed by atoms with Crippen LogP contribution in [-0.2, 0) is 15.6 Å². The SMILES string of the molecule is O=S(=O)(Cc1ccc(Cl)cc1Cl)c1cccc(F)c1. The van der Waals surface area contributed by atoms with Crippen LogP contribution in [0.5, 0.6) is 0 Å². The fraction of sp³-hybridized carbons (Fsp3) is 0.0769. The van der Waals surface area contributed by atoms with E-state index in [1.54, 1.807) is 12.1 Å². The lowest BCUT2D eigenvalue weighted by Gasteiger charge is -2.07. The molecule has 2 nitrogen and oxygen atoms in total. The Morgan fingerprint density at radius 2 is 1.79 bits per heavy atom. The standard InChI is InChI=1S/C13H9Cl2FO2S/c14-10-5-4-9(13(15)6-10)8-19(17,18)12-3-1-2-11(16)7-12/h1-7H,8H2. The summed E-state index contributed by atoms with van der Waals surface area (Å²) in [5, 5.41) is 0.699. The van der Waals surface area contributed by atoms with Crippen molar-refractivity contribution in [2.75, 3.05) is 0 Å². The molecule has 2 aromatic carbocycles. The predicted molar refractivity (Wildman–Crippen MR) is 73.8 cm³/mol. The second-order valence-corrected chi connectivity index (χ2v) is 6.79. The van der Waals surface area contributed by atoms with E-state index in [9.17, 15) is 12.8 Å². The molecule has 2 aromatic rings. The van der Waals surface area contributed by atoms with Crippen molar-refractivity contribution in [1.29, 1.82) is 0 Å². The minimum absolute atomic E-state index is 0.0708. The van der Waals surface area contributed by atoms with Crippen molar-refractivity contribution in [2.45, 2.75) is 10.6 Å². The van der Waals surface area contributed by atoms with Crippen molar-refractivity contribution in [2.24, 2.45) is 0 Å². The Hall–Kier alpha value is -1.10. The van der Waals surface area contributed by atoms with Crippen LogP contribution in [0.15, 0.2) is 47.4 Å². The number of benzene rings is 2. The number of halogens is 3. The van der Waals surface area contributed by atoms with E-state index in [2.05, 4.69) is 0 Å². The summed E-state index contributed by atoms with van der Waals surface area (Å²) >= 11 is 11.7. The van der Waals surface area contributed by atoms with E-state index in [0.29, 0.717) is 10.6 Å². The van der Waals surface area contributed by atoms with Gasteiger partial charge in [-0.05, 0) is 35.9 Å². The van der Waals surface area contributed by atoms with Crippen LogP contribution in [0.4, 0.5) is 4.39 Å². The molecule has 6 heteroatoms. The van der Waals surface area contributed by atoms with Crippen LogP contribution < -0.4 is 0 Å². The molecule has 0 radical (unpaired) electrons. The molecule has 0 unspecified atom stereocenters. The smallest absolute Gasteiger partial charge is 0.182 e. The zero-order valence-corrected chi connectivity index (χ0v) is 11.9. The lowest BCUT2D eigenvalue weighted by atomic mass is 10.2. The van der Waals surface area contributed by atoms with E-state index >= 15 is 0 Å². The monoisotopic (exact) mass is 318 g/mol. The lowest BCUT2D eigenvalue weighted by molar-refractivity contribution is 0.590. The van der Waals surface area contributed by atoms with Crippen LogP contribution in [-0.4, -0.2) is 8.42 Å². The van der Waals surface area contributed by atoms with Crippen molar-refractivity contribution < 1.29 is 12.8 Å². The average Bonchev–Trinajstić information content (AvgIpc) is 2.33. The van der Waals surface area contributed by atoms with Gasteiger partial charge >= 0.3 is 0 Å². The molecule has 19 heavy (non-hydrogen) atoms. The quantitative estimate of drug-likeness (QED) is 0.853. The van der Waals surface area contributed by atoms with Crippen LogP contribution in [0, 0.1) is 5.82 Å². The minimum Gasteiger partial charge on any atom is -0.223 e. The van der Waals surface area contributed by atoms with Crippen molar-refractivity contribution in [3.8, 4) is 0 Å². The Bertz CT molecular complexity index is 714. The fourth-order valence-corrected chi connectivity index (χ4v) is 3.55. The molecule has 0 heterocycles. The summed E-state index contributed by atoms with van der Waals surface area (Å²) in [5.41, 5.74) is 0.426. The highest BCUT2D eigenvalue weighted by Crippen LogP contribution is 2.25. The number of hydrogen-bond acceptors (Lipinski definition) is 2. The Morgan fingerprint density at radius 3 is 2.42 bits per heavy atom. The Balaban J connectivity index is 2.36. The molecular weight excluding hydrogens is 310 g/mol. The molecule has 0 aromatic heterocycles. The van der Waals surface area contributed by atoms with Crippen LogP contribution in [0.1, 0.15) is 5.56 Å². The minimum atomic E-state index is -3.64. The third-order valence-corrected chi connectivity index (χ3v) is 4.77. The van der Waals surface area contributed by atoms with Gasteiger partial charge in [0.2, 0.25) is 0 Å². The van der Waals surface area contributed by atoms with Crippen molar-refractivity contribution >= 4 is 33.0 Å². The summed E-state index contributed by atoms with van der Waals surface area (Å²) in [6, 6.07) is 9.45. The molecule has 100 valence electrons. The van der Waals surface area contributed by atoms with E-state index < -0.39 is 15.7 Å². The maximum Gasteiger partial charge on any atom is 0.182 e. The third-order valence-electron chi connectivity index (χ3n) is 2.52. The molecule has 0 N–H and O–H groups in total. The zero-order valence-electron chi connectivity index (χ0n) is 9.61. The van der Waals surface area contributed by atoms with Gasteiger partial charge in [0.1, 0.15) is 5.82 Å². The highest BCUT2D eigenvalue weighted by molar-refractivity contribution is 7.90. The number of sulfone groups is 1. The van der Waals surface area contributed by atoms with Crippen LogP contribution in [0.3, 0.4) is 0 Å². The van der Waals surface area contributed by atoms with E-state index in [-0.39, 0.29) is 15.7 Å². The van der Waals surface area contributed by atoms with Gasteiger partial charge in [-0.25, -0.2) is 12.8 Å². The van der Waals surface area contributed by atoms with Crippen molar-refractivity contribution in [3.63, 3.8) is 0 Å². The lowest BCUT2D eigenvalue weighted by Crippen LogP contribution is -2.05. The summed E-state index contributed by atoms with van der Waals surface area (Å²) in [7, 11) is -3.64. The molecule has 0 saturated carbocycles. The van der Waals surface area contributed by atoms with Gasteiger partial charge in [-0.3, -0.25) is 0 Å². The molecule has 0 aliphatic carbocycles. The molecule has 0 amide bonds. The maximum atomic E-state index is 13.1. The Morgan fingerprint density at radius 1 is 1.05 bits per heavy atom. The van der Waals surface area contributed by atoms with Gasteiger partial charge in [0.25, 0.3) is 0 Å². The number of rotatable bonds is 3. The first kappa shape index (κ1) is 14.3. The second kappa shape index (κ2) is 5.49. The summed E-state index contributed by atoms with van der Waals surface area (Å²) in [6.45, 7) is 0. The van der Waals surface area contributed by atoms with E-state index in [1.165, 1.54) is 24.3 Å². The van der Waals surface area contributed by atoms with E-state index in [0.717, 1.165) is 6.07 Å². The normalized spacial score (nSPS) is 11.5. The topological polar surface area (TPSA) is 34.1 Å². The van der Waals surface area contributed by atoms with Gasteiger partial charge in [0.15, 0.2) is 9.84 Å². The molecule has 0 fully saturated rings. The molecule has 0 spiro atoms. The maximum absolute atomic E-state index is 13.1. The van der Waals surface area contributed by atoms with Crippen molar-refractivity contribution in [3.05, 3.63) is 63.9 Å². The summed E-state index contributed by atoms with van der Waals surface area (Å²) in [5.74, 6) is -0.893. The molecular formula is C13H9Cl2FO2S. The van der Waals surface area contributed by atoms with E-state index in [4.69, 9.17) is 23.2 Å². The second-order valence-electron chi connectivity index (χ2n) is 3.95. The van der Waals surface area contributed by atoms with Gasteiger partial charge < -0.3 is 0 Å². The highest BCUT2D eigenvalue weighted by atomic mass is 35.5. The molecule has 2 rings (SSSR count). The van der Waals surface area contributed by atoms with Crippen LogP contribution in [0.2, 0.25) is 10.0 Å². The molecule has 0 bridgehead atoms. The first-order valence-electron chi connectivity index (χ1n) is 5.31. The first-order chi connectivity index (χ1) is 8.88. The zero-order chi connectivity index (χ0) is 14.0. The Kier molecular flexibility index (Phi) is 4.13. The summed E-state index contributed by atoms with van der Waals surface area (Å²) in [4.78, 5) is -0.0708. The summed E-state index contributed by atoms with van der Waals surface area (Å²) in [6.07, 6.45) is 0. The van der Waals surface area contributed by atoms with Gasteiger partial charge in [0, 0.05) is 10.0 Å². The fourth-order valence-electron chi connectivity index (χ4n) is 1.59. The third kappa shape index (κ3) is 3.47. The van der Waals surface area contributed by atoms with E-state index in [1.807, 2.05) is 0 Å². The molecule has 0 aliphatic heterocycles. The number of hydrogen-bond donors (Lipinski definition) is 0. The summed E-state index contributed by atoms with van der Waals surface area (Å²) < 4.78 is 37.3. The van der Waals surface area contributed by atoms with Gasteiger partial charge in [-0.1, -0.05) is 35.3 Å². The molecule has 0 aliphatic rings. The largest absolute Gasteiger partial charge is 0.223 e. The van der Waals surface area contributed by atoms with Gasteiger partial charge in [-0.2, -0.15) is 0 Å². The predicted octanol–water partition coefficient (Wildman–Crippen LogP) is 4.11.